The van der Waals surface area contributed by atoms with Crippen LogP contribution in [0.2, 0.25) is 0 Å². The van der Waals surface area contributed by atoms with Gasteiger partial charge < -0.3 is 9.84 Å². The van der Waals surface area contributed by atoms with Gasteiger partial charge in [0.25, 0.3) is 0 Å². The number of hydrogen-bond acceptors (Lipinski definition) is 2. The molecule has 3 aromatic carbocycles. The number of carboxylic acid groups (broad SMARTS) is 1. The van der Waals surface area contributed by atoms with Crippen LogP contribution in [0.15, 0.2) is 54.6 Å². The highest BCUT2D eigenvalue weighted by molar-refractivity contribution is 5.96. The van der Waals surface area contributed by atoms with Gasteiger partial charge in [-0.1, -0.05) is 24.3 Å². The van der Waals surface area contributed by atoms with Gasteiger partial charge >= 0.3 is 5.97 Å². The van der Waals surface area contributed by atoms with Crippen LogP contribution in [0, 0.1) is 17.8 Å². The maximum atomic E-state index is 11.3. The van der Waals surface area contributed by atoms with Crippen LogP contribution in [-0.2, 0) is 5.41 Å². The summed E-state index contributed by atoms with van der Waals surface area (Å²) in [6, 6.07) is 18.4. The van der Waals surface area contributed by atoms with Crippen LogP contribution in [0.25, 0.3) is 21.9 Å². The third kappa shape index (κ3) is 3.05. The first-order valence-electron chi connectivity index (χ1n) is 11.5. The number of methoxy groups -OCH3 is 1. The molecule has 0 atom stereocenters. The van der Waals surface area contributed by atoms with Gasteiger partial charge in [0.05, 0.1) is 12.7 Å². The topological polar surface area (TPSA) is 46.5 Å². The smallest absolute Gasteiger partial charge is 0.335 e. The zero-order valence-electron chi connectivity index (χ0n) is 17.9. The van der Waals surface area contributed by atoms with E-state index >= 15 is 0 Å². The summed E-state index contributed by atoms with van der Waals surface area (Å²) in [5.41, 5.74) is 4.60. The number of rotatable bonds is 4. The summed E-state index contributed by atoms with van der Waals surface area (Å²) in [6.07, 6.45) is 8.24. The van der Waals surface area contributed by atoms with E-state index < -0.39 is 5.97 Å². The second-order valence-corrected chi connectivity index (χ2v) is 10.2. The van der Waals surface area contributed by atoms with Gasteiger partial charge in [-0.25, -0.2) is 4.79 Å². The molecule has 0 spiro atoms. The average molecular weight is 413 g/mol. The van der Waals surface area contributed by atoms with Gasteiger partial charge in [0.15, 0.2) is 0 Å². The number of ether oxygens (including phenoxy) is 1. The summed E-state index contributed by atoms with van der Waals surface area (Å²) in [5.74, 6) is 2.72. The number of aromatic carboxylic acids is 1. The molecule has 1 N–H and O–H groups in total. The van der Waals surface area contributed by atoms with Crippen molar-refractivity contribution in [1.29, 1.82) is 0 Å². The molecule has 4 aliphatic carbocycles. The van der Waals surface area contributed by atoms with Gasteiger partial charge in [-0.15, -0.1) is 0 Å². The van der Waals surface area contributed by atoms with Crippen molar-refractivity contribution in [2.75, 3.05) is 7.11 Å². The minimum absolute atomic E-state index is 0.279. The van der Waals surface area contributed by atoms with Crippen molar-refractivity contribution in [3.63, 3.8) is 0 Å². The zero-order chi connectivity index (χ0) is 21.2. The van der Waals surface area contributed by atoms with Crippen LogP contribution >= 0.6 is 0 Å². The maximum Gasteiger partial charge on any atom is 0.335 e. The molecule has 0 aromatic heterocycles. The number of carbonyl (C=O) groups is 1. The monoisotopic (exact) mass is 412 g/mol. The fourth-order valence-electron chi connectivity index (χ4n) is 7.33. The van der Waals surface area contributed by atoms with E-state index in [1.165, 1.54) is 55.2 Å². The highest BCUT2D eigenvalue weighted by Crippen LogP contribution is 2.62. The minimum Gasteiger partial charge on any atom is -0.497 e. The summed E-state index contributed by atoms with van der Waals surface area (Å²) in [6.45, 7) is 0. The third-order valence-corrected chi connectivity index (χ3v) is 8.23. The molecule has 4 bridgehead atoms. The molecule has 3 nitrogen and oxygen atoms in total. The van der Waals surface area contributed by atoms with E-state index in [1.54, 1.807) is 19.2 Å². The Morgan fingerprint density at radius 3 is 2.16 bits per heavy atom. The first-order chi connectivity index (χ1) is 15.0. The summed E-state index contributed by atoms with van der Waals surface area (Å²) in [7, 11) is 1.76. The summed E-state index contributed by atoms with van der Waals surface area (Å²) < 4.78 is 5.66. The molecule has 0 radical (unpaired) electrons. The molecule has 31 heavy (non-hydrogen) atoms. The van der Waals surface area contributed by atoms with E-state index in [0.29, 0.717) is 5.56 Å². The molecule has 3 aromatic rings. The van der Waals surface area contributed by atoms with E-state index in [1.807, 2.05) is 6.07 Å². The molecule has 4 aliphatic rings. The molecule has 0 aliphatic heterocycles. The molecule has 0 heterocycles. The van der Waals surface area contributed by atoms with Crippen LogP contribution in [0.5, 0.6) is 5.75 Å². The molecule has 158 valence electrons. The van der Waals surface area contributed by atoms with Crippen LogP contribution in [0.4, 0.5) is 0 Å². The van der Waals surface area contributed by atoms with E-state index in [9.17, 15) is 9.90 Å². The number of fused-ring (bicyclic) bond motifs is 1. The highest BCUT2D eigenvalue weighted by Gasteiger charge is 2.52. The second kappa shape index (κ2) is 6.85. The van der Waals surface area contributed by atoms with E-state index in [0.717, 1.165) is 34.3 Å². The molecule has 4 fully saturated rings. The minimum atomic E-state index is -0.884. The van der Waals surface area contributed by atoms with Crippen LogP contribution in [-0.4, -0.2) is 18.2 Å². The lowest BCUT2D eigenvalue weighted by molar-refractivity contribution is -0.00500. The maximum absolute atomic E-state index is 11.3. The normalized spacial score (nSPS) is 28.7. The summed E-state index contributed by atoms with van der Waals surface area (Å²) >= 11 is 0. The van der Waals surface area contributed by atoms with E-state index in [4.69, 9.17) is 4.74 Å². The van der Waals surface area contributed by atoms with Crippen molar-refractivity contribution >= 4 is 16.7 Å². The number of hydrogen-bond donors (Lipinski definition) is 1. The first-order valence-corrected chi connectivity index (χ1v) is 11.5. The lowest BCUT2D eigenvalue weighted by Gasteiger charge is -2.57. The second-order valence-electron chi connectivity index (χ2n) is 10.2. The largest absolute Gasteiger partial charge is 0.497 e. The Labute approximate surface area is 183 Å². The van der Waals surface area contributed by atoms with Crippen LogP contribution < -0.4 is 4.74 Å². The van der Waals surface area contributed by atoms with Crippen molar-refractivity contribution in [3.8, 4) is 16.9 Å². The molecular weight excluding hydrogens is 384 g/mol. The van der Waals surface area contributed by atoms with Gasteiger partial charge in [0.1, 0.15) is 5.75 Å². The molecule has 0 unspecified atom stereocenters. The van der Waals surface area contributed by atoms with E-state index in [-0.39, 0.29) is 5.41 Å². The molecule has 0 saturated heterocycles. The van der Waals surface area contributed by atoms with Crippen molar-refractivity contribution in [2.24, 2.45) is 17.8 Å². The molecule has 3 heteroatoms. The third-order valence-electron chi connectivity index (χ3n) is 8.23. The quantitative estimate of drug-likeness (QED) is 0.520. The van der Waals surface area contributed by atoms with Crippen molar-refractivity contribution in [1.82, 2.24) is 0 Å². The summed E-state index contributed by atoms with van der Waals surface area (Å²) in [5, 5.41) is 11.3. The van der Waals surface area contributed by atoms with Crippen LogP contribution in [0.3, 0.4) is 0 Å². The standard InChI is InChI=1S/C28H28O3/c1-31-24-6-7-25(22-4-2-21-12-23(27(29)30)5-3-20(21)11-22)26(13-24)28-14-17-8-18(15-28)10-19(9-17)16-28/h2-7,11-13,17-19H,8-10,14-16H2,1H3,(H,29,30). The lowest BCUT2D eigenvalue weighted by atomic mass is 9.47. The number of carboxylic acids is 1. The molecule has 0 amide bonds. The van der Waals surface area contributed by atoms with Gasteiger partial charge in [-0.05, 0) is 119 Å². The number of benzene rings is 3. The SMILES string of the molecule is COc1ccc(-c2ccc3cc(C(=O)O)ccc3c2)c(C23CC4CC(CC(C4)C2)C3)c1. The fraction of sp³-hybridized carbons (Fsp3) is 0.393. The Balaban J connectivity index is 1.49. The molecule has 7 rings (SSSR count). The molecular formula is C28H28O3. The lowest BCUT2D eigenvalue weighted by Crippen LogP contribution is -2.48. The predicted molar refractivity (Wildman–Crippen MR) is 123 cm³/mol. The fourth-order valence-corrected chi connectivity index (χ4v) is 7.33. The summed E-state index contributed by atoms with van der Waals surface area (Å²) in [4.78, 5) is 11.3. The predicted octanol–water partition coefficient (Wildman–Crippen LogP) is 6.68. The van der Waals surface area contributed by atoms with Crippen molar-refractivity contribution < 1.29 is 14.6 Å². The molecule has 4 saturated carbocycles. The first kappa shape index (κ1) is 18.9. The van der Waals surface area contributed by atoms with Gasteiger partial charge in [-0.3, -0.25) is 0 Å². The van der Waals surface area contributed by atoms with Gasteiger partial charge in [-0.2, -0.15) is 0 Å². The Bertz CT molecular complexity index is 1160. The highest BCUT2D eigenvalue weighted by atomic mass is 16.5. The van der Waals surface area contributed by atoms with Crippen molar-refractivity contribution in [3.05, 3.63) is 65.7 Å². The zero-order valence-corrected chi connectivity index (χ0v) is 17.9. The van der Waals surface area contributed by atoms with Crippen molar-refractivity contribution in [2.45, 2.75) is 43.9 Å². The Morgan fingerprint density at radius 1 is 0.871 bits per heavy atom. The van der Waals surface area contributed by atoms with Gasteiger partial charge in [0, 0.05) is 0 Å². The average Bonchev–Trinajstić information content (AvgIpc) is 2.77. The Kier molecular flexibility index (Phi) is 4.18. The van der Waals surface area contributed by atoms with E-state index in [2.05, 4.69) is 36.4 Å². The Morgan fingerprint density at radius 2 is 1.52 bits per heavy atom. The van der Waals surface area contributed by atoms with Crippen LogP contribution in [0.1, 0.15) is 54.4 Å². The Hall–Kier alpha value is -2.81. The van der Waals surface area contributed by atoms with Gasteiger partial charge in [0.2, 0.25) is 0 Å².